The predicted octanol–water partition coefficient (Wildman–Crippen LogP) is 4.65. The molecule has 0 aromatic heterocycles. The van der Waals surface area contributed by atoms with Gasteiger partial charge in [-0.25, -0.2) is 0 Å². The van der Waals surface area contributed by atoms with Gasteiger partial charge in [0.15, 0.2) is 0 Å². The second kappa shape index (κ2) is 13.5. The average molecular weight is 693 g/mol. The summed E-state index contributed by atoms with van der Waals surface area (Å²) in [5.41, 5.74) is 15.5. The fourth-order valence-electron chi connectivity index (χ4n) is 7.07. The van der Waals surface area contributed by atoms with Gasteiger partial charge in [0.1, 0.15) is 0 Å². The van der Waals surface area contributed by atoms with Crippen molar-refractivity contribution in [3.05, 3.63) is 161 Å². The smallest absolute Gasteiger partial charge is 1.00 e. The Morgan fingerprint density at radius 1 is 0.488 bits per heavy atom. The van der Waals surface area contributed by atoms with E-state index in [2.05, 4.69) is 160 Å². The summed E-state index contributed by atoms with van der Waals surface area (Å²) >= 11 is -2.25. The van der Waals surface area contributed by atoms with Gasteiger partial charge in [0.05, 0.1) is 0 Å². The fraction of sp³-hybridized carbons (Fsp3) is 0.128. The van der Waals surface area contributed by atoms with Crippen LogP contribution in [0.4, 0.5) is 0 Å². The number of benzene rings is 5. The van der Waals surface area contributed by atoms with E-state index in [1.165, 1.54) is 38.9 Å². The van der Waals surface area contributed by atoms with E-state index in [1.807, 2.05) is 0 Å². The largest absolute Gasteiger partial charge is 1.00 e. The minimum atomic E-state index is -2.25. The molecule has 5 aromatic rings. The second-order valence-electron chi connectivity index (χ2n) is 11.5. The van der Waals surface area contributed by atoms with Crippen LogP contribution in [0, 0.1) is 0 Å². The van der Waals surface area contributed by atoms with Gasteiger partial charge in [-0.2, -0.15) is 0 Å². The molecule has 4 heteroatoms. The number of halogens is 2. The molecule has 43 heavy (non-hydrogen) atoms. The quantitative estimate of drug-likeness (QED) is 0.236. The predicted molar refractivity (Wildman–Crippen MR) is 175 cm³/mol. The third kappa shape index (κ3) is 5.76. The Morgan fingerprint density at radius 3 is 1.42 bits per heavy atom. The van der Waals surface area contributed by atoms with Gasteiger partial charge in [0.25, 0.3) is 0 Å². The Morgan fingerprint density at radius 2 is 0.930 bits per heavy atom. The molecule has 0 saturated carbocycles. The van der Waals surface area contributed by atoms with Crippen LogP contribution in [-0.4, -0.2) is 5.43 Å². The van der Waals surface area contributed by atoms with E-state index in [4.69, 9.17) is 0 Å². The number of fused-ring (bicyclic) bond motifs is 2. The van der Waals surface area contributed by atoms with Gasteiger partial charge < -0.3 is 24.8 Å². The Bertz CT molecular complexity index is 1850. The van der Waals surface area contributed by atoms with Gasteiger partial charge in [-0.05, 0) is 0 Å². The minimum Gasteiger partial charge on any atom is -1.00 e. The van der Waals surface area contributed by atoms with Crippen LogP contribution in [0.3, 0.4) is 0 Å². The minimum absolute atomic E-state index is 0. The molecule has 2 aliphatic carbocycles. The third-order valence-corrected chi connectivity index (χ3v) is 28.4. The Labute approximate surface area is 276 Å². The summed E-state index contributed by atoms with van der Waals surface area (Å²) in [5.74, 6) is 0. The van der Waals surface area contributed by atoms with Crippen molar-refractivity contribution in [3.8, 4) is 22.3 Å². The zero-order chi connectivity index (χ0) is 27.9. The van der Waals surface area contributed by atoms with E-state index >= 15 is 0 Å². The summed E-state index contributed by atoms with van der Waals surface area (Å²) in [6.07, 6.45) is 5.11. The molecule has 0 radical (unpaired) electrons. The summed E-state index contributed by atoms with van der Waals surface area (Å²) in [7, 11) is 0. The first kappa shape index (κ1) is 31.7. The molecule has 0 nitrogen and oxygen atoms in total. The topological polar surface area (TPSA) is 0 Å². The maximum atomic E-state index is 2.62. The van der Waals surface area contributed by atoms with Crippen LogP contribution in [0.15, 0.2) is 133 Å². The number of hydrogen-bond acceptors (Lipinski definition) is 0. The first-order valence-electron chi connectivity index (χ1n) is 14.6. The SMILES string of the molecule is CC1=Cc2c(-c3ccccc3)cccc2[CH]1[Zr+2]([CH]1C(c2ccccc2)=Cc2c(-c3ccccc3)cccc21)=[Si](C)C.[Cl-].[Cl-]. The zero-order valence-corrected chi connectivity index (χ0v) is 29.7. The van der Waals surface area contributed by atoms with Crippen LogP contribution >= 0.6 is 0 Å². The normalized spacial score (nSPS) is 16.0. The number of hydrogen-bond donors (Lipinski definition) is 0. The van der Waals surface area contributed by atoms with Gasteiger partial charge in [0, 0.05) is 0 Å². The van der Waals surface area contributed by atoms with Crippen LogP contribution in [0.5, 0.6) is 0 Å². The van der Waals surface area contributed by atoms with E-state index in [0.717, 1.165) is 0 Å². The van der Waals surface area contributed by atoms with Crippen molar-refractivity contribution in [3.63, 3.8) is 0 Å². The maximum Gasteiger partial charge on any atom is -1.00 e. The molecule has 0 aliphatic heterocycles. The summed E-state index contributed by atoms with van der Waals surface area (Å²) < 4.78 is 1.14. The molecule has 0 N–H and O–H groups in total. The molecule has 0 heterocycles. The molecular formula is C39H34Cl2SiZr. The standard InChI is InChI=1S/C21H15.C16H13.C2H6Si.2ClH.Zr/c1-3-8-16(9-4-1)19-14-18-12-7-13-20(21(18)15-19)17-10-5-2-6-11-17;1-12-10-14-8-5-9-15(16(14)11-12)13-6-3-2-4-7-13;1-3-2;;;/h1-15H;2-11H,1H3;1-2H3;2*1H;/q;;;;;+2/p-2. The summed E-state index contributed by atoms with van der Waals surface area (Å²) in [5, 5.41) is 0. The molecule has 0 fully saturated rings. The van der Waals surface area contributed by atoms with Crippen LogP contribution in [0.2, 0.25) is 13.1 Å². The first-order chi connectivity index (χ1) is 20.1. The van der Waals surface area contributed by atoms with Crippen molar-refractivity contribution >= 4 is 23.2 Å². The van der Waals surface area contributed by atoms with E-state index in [-0.39, 0.29) is 24.8 Å². The molecule has 0 bridgehead atoms. The summed E-state index contributed by atoms with van der Waals surface area (Å²) in [4.78, 5) is 0. The molecule has 2 aliphatic rings. The van der Waals surface area contributed by atoms with Crippen LogP contribution < -0.4 is 24.8 Å². The van der Waals surface area contributed by atoms with Crippen LogP contribution in [0.1, 0.15) is 42.0 Å². The maximum absolute atomic E-state index is 2.62. The molecule has 7 rings (SSSR count). The van der Waals surface area contributed by atoms with Gasteiger partial charge in [0.2, 0.25) is 0 Å². The van der Waals surface area contributed by atoms with E-state index in [0.29, 0.717) is 7.25 Å². The van der Waals surface area contributed by atoms with Gasteiger partial charge in [-0.15, -0.1) is 0 Å². The number of rotatable bonds is 5. The van der Waals surface area contributed by atoms with Gasteiger partial charge in [-0.1, -0.05) is 0 Å². The Balaban J connectivity index is 0.00000184. The van der Waals surface area contributed by atoms with Crippen molar-refractivity contribution in [2.24, 2.45) is 0 Å². The first-order valence-corrected chi connectivity index (χ1v) is 23.6. The van der Waals surface area contributed by atoms with Crippen molar-refractivity contribution in [2.45, 2.75) is 27.3 Å². The molecule has 0 spiro atoms. The van der Waals surface area contributed by atoms with Crippen molar-refractivity contribution in [2.75, 3.05) is 0 Å². The second-order valence-corrected chi connectivity index (χ2v) is 29.4. The molecule has 0 amide bonds. The average Bonchev–Trinajstić information content (AvgIpc) is 3.56. The van der Waals surface area contributed by atoms with E-state index < -0.39 is 25.8 Å². The van der Waals surface area contributed by atoms with Crippen LogP contribution in [0.25, 0.3) is 40.0 Å². The Hall–Kier alpha value is -2.74. The third-order valence-electron chi connectivity index (χ3n) is 8.82. The fourth-order valence-corrected chi connectivity index (χ4v) is 27.4. The van der Waals surface area contributed by atoms with Crippen molar-refractivity contribution in [1.82, 2.24) is 0 Å². The van der Waals surface area contributed by atoms with Gasteiger partial charge in [-0.3, -0.25) is 0 Å². The Kier molecular flexibility index (Phi) is 9.94. The van der Waals surface area contributed by atoms with Crippen LogP contribution in [-0.2, 0) is 20.4 Å². The van der Waals surface area contributed by atoms with Crippen molar-refractivity contribution < 1.29 is 45.2 Å². The molecule has 212 valence electrons. The summed E-state index contributed by atoms with van der Waals surface area (Å²) in [6.45, 7) is 7.66. The zero-order valence-electron chi connectivity index (χ0n) is 24.7. The molecular weight excluding hydrogens is 659 g/mol. The van der Waals surface area contributed by atoms with E-state index in [9.17, 15) is 0 Å². The van der Waals surface area contributed by atoms with Gasteiger partial charge >= 0.3 is 254 Å². The number of allylic oxidation sites excluding steroid dienone is 2. The molecule has 5 aromatic carbocycles. The molecule has 0 saturated heterocycles. The van der Waals surface area contributed by atoms with E-state index in [1.54, 1.807) is 22.3 Å². The monoisotopic (exact) mass is 690 g/mol. The molecule has 2 atom stereocenters. The molecule has 2 unspecified atom stereocenters. The summed E-state index contributed by atoms with van der Waals surface area (Å²) in [6, 6.07) is 47.3. The van der Waals surface area contributed by atoms with Crippen molar-refractivity contribution in [1.29, 1.82) is 0 Å².